The molecule has 1 heterocycles. The largest absolute Gasteiger partial charge is 0.497 e. The Kier molecular flexibility index (Phi) is 8.61. The molecule has 6 N–H and O–H groups in total. The van der Waals surface area contributed by atoms with Crippen molar-refractivity contribution in [3.8, 4) is 11.5 Å². The summed E-state index contributed by atoms with van der Waals surface area (Å²) in [7, 11) is 1.55. The highest BCUT2D eigenvalue weighted by Gasteiger charge is 2.28. The maximum absolute atomic E-state index is 12.7. The fraction of sp³-hybridized carbons (Fsp3) is 0.412. The summed E-state index contributed by atoms with van der Waals surface area (Å²) in [5.41, 5.74) is 10.7. The standard InChI is InChI=1S/C15H21N5O3S.C2H4O2/c1-15(2,13-19-20-14(17)24-13)18-12(21)10-5-4-9(22-3)8-11(10)23-7-6-16;1-2(3)4/h4-5,8H,6-7,16H2,1-3H3,(H2,17,20)(H,18,21);1H3,(H,3,4). The molecule has 0 aliphatic carbocycles. The maximum Gasteiger partial charge on any atom is 0.300 e. The topological polar surface area (TPSA) is 163 Å². The van der Waals surface area contributed by atoms with Crippen LogP contribution in [0.25, 0.3) is 0 Å². The number of carbonyl (C=O) groups excluding carboxylic acids is 1. The number of nitrogens with one attached hydrogen (secondary N) is 1. The first-order valence-electron chi connectivity index (χ1n) is 8.23. The van der Waals surface area contributed by atoms with Gasteiger partial charge in [0.15, 0.2) is 0 Å². The van der Waals surface area contributed by atoms with Crippen LogP contribution < -0.4 is 26.3 Å². The lowest BCUT2D eigenvalue weighted by Crippen LogP contribution is -2.41. The molecule has 10 nitrogen and oxygen atoms in total. The lowest BCUT2D eigenvalue weighted by molar-refractivity contribution is -0.134. The summed E-state index contributed by atoms with van der Waals surface area (Å²) >= 11 is 1.23. The van der Waals surface area contributed by atoms with Gasteiger partial charge in [-0.3, -0.25) is 9.59 Å². The number of methoxy groups -OCH3 is 1. The van der Waals surface area contributed by atoms with Crippen LogP contribution in [0.1, 0.15) is 36.1 Å². The molecule has 154 valence electrons. The van der Waals surface area contributed by atoms with Crippen molar-refractivity contribution in [1.82, 2.24) is 15.5 Å². The summed E-state index contributed by atoms with van der Waals surface area (Å²) in [6, 6.07) is 4.99. The molecule has 0 fully saturated rings. The summed E-state index contributed by atoms with van der Waals surface area (Å²) in [6.45, 7) is 5.38. The van der Waals surface area contributed by atoms with E-state index in [4.69, 9.17) is 30.8 Å². The Morgan fingerprint density at radius 2 is 1.96 bits per heavy atom. The number of carboxylic acids is 1. The second kappa shape index (κ2) is 10.4. The SMILES string of the molecule is CC(=O)O.COc1ccc(C(=O)NC(C)(C)c2nnc(N)s2)c(OCCN)c1. The molecule has 0 saturated heterocycles. The Balaban J connectivity index is 0.000000892. The lowest BCUT2D eigenvalue weighted by Gasteiger charge is -2.24. The average Bonchev–Trinajstić information content (AvgIpc) is 3.06. The third kappa shape index (κ3) is 7.00. The van der Waals surface area contributed by atoms with Crippen molar-refractivity contribution in [3.63, 3.8) is 0 Å². The van der Waals surface area contributed by atoms with Gasteiger partial charge in [-0.1, -0.05) is 11.3 Å². The van der Waals surface area contributed by atoms with Crippen molar-refractivity contribution < 1.29 is 24.2 Å². The van der Waals surface area contributed by atoms with Gasteiger partial charge in [-0.05, 0) is 26.0 Å². The zero-order valence-electron chi connectivity index (χ0n) is 16.2. The maximum atomic E-state index is 12.7. The highest BCUT2D eigenvalue weighted by molar-refractivity contribution is 7.15. The zero-order valence-corrected chi connectivity index (χ0v) is 17.0. The third-order valence-corrected chi connectivity index (χ3v) is 4.29. The highest BCUT2D eigenvalue weighted by Crippen LogP contribution is 2.28. The van der Waals surface area contributed by atoms with E-state index < -0.39 is 11.5 Å². The number of carbonyl (C=O) groups is 2. The second-order valence-corrected chi connectivity index (χ2v) is 7.05. The molecule has 0 aliphatic heterocycles. The Hall–Kier alpha value is -2.92. The number of aromatic nitrogens is 2. The lowest BCUT2D eigenvalue weighted by atomic mass is 10.1. The molecule has 1 aromatic carbocycles. The van der Waals surface area contributed by atoms with Crippen LogP contribution in [0.5, 0.6) is 11.5 Å². The van der Waals surface area contributed by atoms with Gasteiger partial charge in [0.25, 0.3) is 11.9 Å². The number of nitrogen functional groups attached to an aromatic ring is 1. The normalized spacial score (nSPS) is 10.5. The minimum absolute atomic E-state index is 0.295. The van der Waals surface area contributed by atoms with Gasteiger partial charge in [-0.15, -0.1) is 10.2 Å². The second-order valence-electron chi connectivity index (χ2n) is 6.04. The number of benzene rings is 1. The van der Waals surface area contributed by atoms with Gasteiger partial charge < -0.3 is 31.4 Å². The molecule has 2 aromatic rings. The van der Waals surface area contributed by atoms with Crippen molar-refractivity contribution in [3.05, 3.63) is 28.8 Å². The molecule has 0 aliphatic rings. The van der Waals surface area contributed by atoms with Crippen molar-refractivity contribution in [2.24, 2.45) is 5.73 Å². The van der Waals surface area contributed by atoms with E-state index in [0.717, 1.165) is 6.92 Å². The van der Waals surface area contributed by atoms with Crippen LogP contribution in [-0.2, 0) is 10.3 Å². The molecule has 0 unspecified atom stereocenters. The molecule has 1 aromatic heterocycles. The van der Waals surface area contributed by atoms with Gasteiger partial charge in [-0.2, -0.15) is 0 Å². The first-order valence-corrected chi connectivity index (χ1v) is 9.04. The molecule has 0 atom stereocenters. The fourth-order valence-electron chi connectivity index (χ4n) is 2.00. The van der Waals surface area contributed by atoms with E-state index in [-0.39, 0.29) is 5.91 Å². The van der Waals surface area contributed by atoms with E-state index in [1.54, 1.807) is 25.3 Å². The number of carboxylic acid groups (broad SMARTS) is 1. The number of nitrogens with two attached hydrogens (primary N) is 2. The van der Waals surface area contributed by atoms with Gasteiger partial charge in [-0.25, -0.2) is 0 Å². The minimum atomic E-state index is -0.833. The van der Waals surface area contributed by atoms with Crippen LogP contribution in [0.2, 0.25) is 0 Å². The number of hydrogen-bond donors (Lipinski definition) is 4. The number of ether oxygens (including phenoxy) is 2. The van der Waals surface area contributed by atoms with E-state index in [1.165, 1.54) is 11.3 Å². The Bertz CT molecular complexity index is 805. The van der Waals surface area contributed by atoms with Crippen LogP contribution in [0.3, 0.4) is 0 Å². The number of nitrogens with zero attached hydrogens (tertiary/aromatic N) is 2. The minimum Gasteiger partial charge on any atom is -0.497 e. The number of aliphatic carboxylic acids is 1. The first kappa shape index (κ1) is 23.1. The molecular formula is C17H25N5O5S. The van der Waals surface area contributed by atoms with E-state index >= 15 is 0 Å². The Labute approximate surface area is 166 Å². The van der Waals surface area contributed by atoms with E-state index in [0.29, 0.717) is 40.4 Å². The van der Waals surface area contributed by atoms with Crippen LogP contribution in [0.4, 0.5) is 5.13 Å². The predicted octanol–water partition coefficient (Wildman–Crippen LogP) is 1.22. The Morgan fingerprint density at radius 1 is 1.32 bits per heavy atom. The summed E-state index contributed by atoms with van der Waals surface area (Å²) < 4.78 is 10.7. The van der Waals surface area contributed by atoms with Crippen LogP contribution in [-0.4, -0.2) is 47.4 Å². The summed E-state index contributed by atoms with van der Waals surface area (Å²) in [5, 5.41) is 19.1. The van der Waals surface area contributed by atoms with Gasteiger partial charge in [0.1, 0.15) is 23.1 Å². The van der Waals surface area contributed by atoms with Crippen molar-refractivity contribution in [2.45, 2.75) is 26.3 Å². The third-order valence-electron chi connectivity index (χ3n) is 3.21. The zero-order chi connectivity index (χ0) is 21.3. The van der Waals surface area contributed by atoms with Crippen molar-refractivity contribution in [1.29, 1.82) is 0 Å². The smallest absolute Gasteiger partial charge is 0.300 e. The quantitative estimate of drug-likeness (QED) is 0.524. The van der Waals surface area contributed by atoms with E-state index in [1.807, 2.05) is 13.8 Å². The van der Waals surface area contributed by atoms with Crippen LogP contribution in [0, 0.1) is 0 Å². The molecule has 11 heteroatoms. The van der Waals surface area contributed by atoms with Crippen molar-refractivity contribution >= 4 is 28.3 Å². The molecule has 0 spiro atoms. The van der Waals surface area contributed by atoms with E-state index in [9.17, 15) is 4.79 Å². The highest BCUT2D eigenvalue weighted by atomic mass is 32.1. The van der Waals surface area contributed by atoms with Gasteiger partial charge in [0, 0.05) is 19.5 Å². The molecule has 1 amide bonds. The predicted molar refractivity (Wildman–Crippen MR) is 106 cm³/mol. The monoisotopic (exact) mass is 411 g/mol. The first-order chi connectivity index (χ1) is 13.1. The van der Waals surface area contributed by atoms with Gasteiger partial charge >= 0.3 is 0 Å². The summed E-state index contributed by atoms with van der Waals surface area (Å²) in [4.78, 5) is 21.7. The van der Waals surface area contributed by atoms with Crippen molar-refractivity contribution in [2.75, 3.05) is 26.0 Å². The van der Waals surface area contributed by atoms with Crippen LogP contribution >= 0.6 is 11.3 Å². The number of rotatable bonds is 7. The molecule has 28 heavy (non-hydrogen) atoms. The average molecular weight is 411 g/mol. The molecular weight excluding hydrogens is 386 g/mol. The molecule has 0 bridgehead atoms. The fourth-order valence-corrected chi connectivity index (χ4v) is 2.66. The number of anilines is 1. The molecule has 0 saturated carbocycles. The van der Waals surface area contributed by atoms with Crippen LogP contribution in [0.15, 0.2) is 18.2 Å². The van der Waals surface area contributed by atoms with Gasteiger partial charge in [0.05, 0.1) is 18.2 Å². The summed E-state index contributed by atoms with van der Waals surface area (Å²) in [6.07, 6.45) is 0. The summed E-state index contributed by atoms with van der Waals surface area (Å²) in [5.74, 6) is -0.136. The number of hydrogen-bond acceptors (Lipinski definition) is 9. The molecule has 2 rings (SSSR count). The molecule has 0 radical (unpaired) electrons. The van der Waals surface area contributed by atoms with E-state index in [2.05, 4.69) is 15.5 Å². The Morgan fingerprint density at radius 3 is 2.46 bits per heavy atom. The van der Waals surface area contributed by atoms with Gasteiger partial charge in [0.2, 0.25) is 5.13 Å². The number of amides is 1.